The molecule has 2 atom stereocenters. The molecule has 0 aromatic carbocycles. The van der Waals surface area contributed by atoms with Crippen molar-refractivity contribution in [2.24, 2.45) is 17.3 Å². The predicted octanol–water partition coefficient (Wildman–Crippen LogP) is 3.95. The van der Waals surface area contributed by atoms with E-state index in [-0.39, 0.29) is 16.7 Å². The molecule has 0 radical (unpaired) electrons. The fraction of sp³-hybridized carbons (Fsp3) is 1.00. The first-order valence-electron chi connectivity index (χ1n) is 7.63. The molecule has 106 valence electrons. The Morgan fingerprint density at radius 1 is 1.17 bits per heavy atom. The summed E-state index contributed by atoms with van der Waals surface area (Å²) in [6.07, 6.45) is 5.03. The van der Waals surface area contributed by atoms with E-state index in [4.69, 9.17) is 4.74 Å². The van der Waals surface area contributed by atoms with Crippen molar-refractivity contribution in [1.29, 1.82) is 0 Å². The van der Waals surface area contributed by atoms with Crippen molar-refractivity contribution in [2.75, 3.05) is 6.54 Å². The summed E-state index contributed by atoms with van der Waals surface area (Å²) in [7, 11) is 0. The van der Waals surface area contributed by atoms with Crippen LogP contribution in [0, 0.1) is 17.3 Å². The Hall–Kier alpha value is -0.0800. The molecular formula is C16H31NO. The average Bonchev–Trinajstić information content (AvgIpc) is 2.24. The van der Waals surface area contributed by atoms with Gasteiger partial charge in [0.05, 0.1) is 5.60 Å². The maximum Gasteiger partial charge on any atom is 0.120 e. The van der Waals surface area contributed by atoms with Crippen LogP contribution in [0.4, 0.5) is 0 Å². The van der Waals surface area contributed by atoms with Gasteiger partial charge in [-0.1, -0.05) is 27.7 Å². The standard InChI is InChI=1S/C16H31NO/c1-12(2)13-8-7-9-16(10-13)17-11-14(3,4)15(5,6)18-16/h12-13,17H,7-11H2,1-6H3. The molecule has 1 saturated heterocycles. The van der Waals surface area contributed by atoms with Crippen molar-refractivity contribution in [3.05, 3.63) is 0 Å². The van der Waals surface area contributed by atoms with Gasteiger partial charge in [0.1, 0.15) is 5.72 Å². The average molecular weight is 253 g/mol. The Bertz CT molecular complexity index is 308. The SMILES string of the molecule is CC(C)C1CCCC2(C1)NCC(C)(C)C(C)(C)O2. The lowest BCUT2D eigenvalue weighted by molar-refractivity contribution is -0.252. The van der Waals surface area contributed by atoms with Gasteiger partial charge in [0.2, 0.25) is 0 Å². The van der Waals surface area contributed by atoms with E-state index < -0.39 is 0 Å². The number of rotatable bonds is 1. The Kier molecular flexibility index (Phi) is 3.57. The molecule has 1 saturated carbocycles. The molecule has 1 aliphatic carbocycles. The molecular weight excluding hydrogens is 222 g/mol. The highest BCUT2D eigenvalue weighted by atomic mass is 16.5. The van der Waals surface area contributed by atoms with Crippen molar-refractivity contribution in [3.63, 3.8) is 0 Å². The summed E-state index contributed by atoms with van der Waals surface area (Å²) in [6, 6.07) is 0. The first-order valence-corrected chi connectivity index (χ1v) is 7.63. The summed E-state index contributed by atoms with van der Waals surface area (Å²) in [5.41, 5.74) is 0.104. The lowest BCUT2D eigenvalue weighted by atomic mass is 9.71. The van der Waals surface area contributed by atoms with E-state index >= 15 is 0 Å². The summed E-state index contributed by atoms with van der Waals surface area (Å²) in [4.78, 5) is 0. The van der Waals surface area contributed by atoms with Crippen LogP contribution in [0.1, 0.15) is 67.2 Å². The van der Waals surface area contributed by atoms with Gasteiger partial charge in [-0.05, 0) is 51.4 Å². The molecule has 1 N–H and O–H groups in total. The highest BCUT2D eigenvalue weighted by Gasteiger charge is 2.51. The van der Waals surface area contributed by atoms with E-state index in [2.05, 4.69) is 46.9 Å². The van der Waals surface area contributed by atoms with Crippen LogP contribution in [-0.2, 0) is 4.74 Å². The Morgan fingerprint density at radius 2 is 1.83 bits per heavy atom. The molecule has 2 rings (SSSR count). The zero-order chi connectivity index (χ0) is 13.6. The minimum atomic E-state index is -0.0494. The van der Waals surface area contributed by atoms with Gasteiger partial charge in [-0.15, -0.1) is 0 Å². The summed E-state index contributed by atoms with van der Waals surface area (Å²) in [6.45, 7) is 14.9. The summed E-state index contributed by atoms with van der Waals surface area (Å²) in [5, 5.41) is 3.74. The monoisotopic (exact) mass is 253 g/mol. The van der Waals surface area contributed by atoms with Crippen molar-refractivity contribution < 1.29 is 4.74 Å². The van der Waals surface area contributed by atoms with E-state index in [0.29, 0.717) is 0 Å². The minimum Gasteiger partial charge on any atom is -0.354 e. The van der Waals surface area contributed by atoms with Crippen LogP contribution in [0.2, 0.25) is 0 Å². The zero-order valence-electron chi connectivity index (χ0n) is 13.1. The van der Waals surface area contributed by atoms with Crippen LogP contribution in [0.25, 0.3) is 0 Å². The Morgan fingerprint density at radius 3 is 2.39 bits per heavy atom. The first-order chi connectivity index (χ1) is 8.18. The van der Waals surface area contributed by atoms with E-state index in [1.807, 2.05) is 0 Å². The molecule has 0 amide bonds. The number of ether oxygens (including phenoxy) is 1. The van der Waals surface area contributed by atoms with Crippen LogP contribution < -0.4 is 5.32 Å². The molecule has 1 aliphatic heterocycles. The van der Waals surface area contributed by atoms with Gasteiger partial charge in [-0.25, -0.2) is 0 Å². The molecule has 0 bridgehead atoms. The van der Waals surface area contributed by atoms with Gasteiger partial charge in [-0.3, -0.25) is 5.32 Å². The largest absolute Gasteiger partial charge is 0.354 e. The second kappa shape index (κ2) is 4.49. The zero-order valence-corrected chi connectivity index (χ0v) is 13.1. The van der Waals surface area contributed by atoms with E-state index in [9.17, 15) is 0 Å². The molecule has 2 fully saturated rings. The van der Waals surface area contributed by atoms with E-state index in [0.717, 1.165) is 18.4 Å². The molecule has 1 spiro atoms. The molecule has 2 aliphatic rings. The van der Waals surface area contributed by atoms with Crippen molar-refractivity contribution >= 4 is 0 Å². The smallest absolute Gasteiger partial charge is 0.120 e. The van der Waals surface area contributed by atoms with Gasteiger partial charge in [0.15, 0.2) is 0 Å². The minimum absolute atomic E-state index is 0.0445. The highest BCUT2D eigenvalue weighted by molar-refractivity contribution is 5.00. The quantitative estimate of drug-likeness (QED) is 0.764. The van der Waals surface area contributed by atoms with Gasteiger partial charge in [-0.2, -0.15) is 0 Å². The van der Waals surface area contributed by atoms with Gasteiger partial charge in [0.25, 0.3) is 0 Å². The van der Waals surface area contributed by atoms with Gasteiger partial charge < -0.3 is 4.74 Å². The molecule has 2 unspecified atom stereocenters. The fourth-order valence-corrected chi connectivity index (χ4v) is 3.36. The third-order valence-electron chi connectivity index (χ3n) is 5.62. The Labute approximate surface area is 113 Å². The van der Waals surface area contributed by atoms with Crippen LogP contribution in [0.3, 0.4) is 0 Å². The second-order valence-corrected chi connectivity index (χ2v) is 7.94. The van der Waals surface area contributed by atoms with E-state index in [1.165, 1.54) is 25.7 Å². The first kappa shape index (κ1) is 14.3. The topological polar surface area (TPSA) is 21.3 Å². The van der Waals surface area contributed by atoms with Crippen molar-refractivity contribution in [1.82, 2.24) is 5.32 Å². The molecule has 0 aromatic heterocycles. The number of nitrogens with one attached hydrogen (secondary N) is 1. The summed E-state index contributed by atoms with van der Waals surface area (Å²) < 4.78 is 6.59. The number of hydrogen-bond acceptors (Lipinski definition) is 2. The maximum atomic E-state index is 6.59. The molecule has 0 aromatic rings. The van der Waals surface area contributed by atoms with Gasteiger partial charge in [0, 0.05) is 12.0 Å². The number of hydrogen-bond donors (Lipinski definition) is 1. The lowest BCUT2D eigenvalue weighted by Crippen LogP contribution is -2.66. The molecule has 18 heavy (non-hydrogen) atoms. The Balaban J connectivity index is 2.14. The summed E-state index contributed by atoms with van der Waals surface area (Å²) >= 11 is 0. The van der Waals surface area contributed by atoms with Crippen molar-refractivity contribution in [2.45, 2.75) is 78.6 Å². The van der Waals surface area contributed by atoms with Crippen LogP contribution in [-0.4, -0.2) is 17.9 Å². The highest BCUT2D eigenvalue weighted by Crippen LogP contribution is 2.46. The fourth-order valence-electron chi connectivity index (χ4n) is 3.36. The van der Waals surface area contributed by atoms with Crippen LogP contribution >= 0.6 is 0 Å². The molecule has 2 heteroatoms. The van der Waals surface area contributed by atoms with Crippen LogP contribution in [0.15, 0.2) is 0 Å². The third kappa shape index (κ3) is 2.46. The second-order valence-electron chi connectivity index (χ2n) is 7.94. The molecule has 1 heterocycles. The normalized spacial score (nSPS) is 39.2. The van der Waals surface area contributed by atoms with Crippen molar-refractivity contribution in [3.8, 4) is 0 Å². The third-order valence-corrected chi connectivity index (χ3v) is 5.62. The van der Waals surface area contributed by atoms with E-state index in [1.54, 1.807) is 0 Å². The van der Waals surface area contributed by atoms with Gasteiger partial charge >= 0.3 is 0 Å². The maximum absolute atomic E-state index is 6.59. The lowest BCUT2D eigenvalue weighted by Gasteiger charge is -2.57. The predicted molar refractivity (Wildman–Crippen MR) is 76.5 cm³/mol. The summed E-state index contributed by atoms with van der Waals surface area (Å²) in [5.74, 6) is 1.58. The molecule has 2 nitrogen and oxygen atoms in total. The van der Waals surface area contributed by atoms with Crippen LogP contribution in [0.5, 0.6) is 0 Å².